The van der Waals surface area contributed by atoms with Gasteiger partial charge in [-0.25, -0.2) is 9.13 Å². The highest BCUT2D eigenvalue weighted by Gasteiger charge is 2.20. The number of nitrogens with zero attached hydrogens (tertiary/aromatic N) is 2. The van der Waals surface area contributed by atoms with E-state index in [-0.39, 0.29) is 0 Å². The number of aromatic nitrogens is 2. The fraction of sp³-hybridized carbons (Fsp3) is 0. The minimum absolute atomic E-state index is 1.17. The SMILES string of the molecule is F[B-](F)(F)F.Ic1ccc(-[n+]2ccn(-c3ccccc3)c2)cc1. The normalized spacial score (nSPS) is 10.8. The van der Waals surface area contributed by atoms with Crippen LogP contribution in [0.25, 0.3) is 11.4 Å². The van der Waals surface area contributed by atoms with Gasteiger partial charge in [-0.1, -0.05) is 18.2 Å². The van der Waals surface area contributed by atoms with Crippen LogP contribution in [0.1, 0.15) is 0 Å². The van der Waals surface area contributed by atoms with Crippen LogP contribution < -0.4 is 4.57 Å². The first-order chi connectivity index (χ1) is 10.8. The molecule has 3 rings (SSSR count). The topological polar surface area (TPSA) is 8.81 Å². The molecule has 0 aliphatic heterocycles. The van der Waals surface area contributed by atoms with Crippen molar-refractivity contribution in [1.82, 2.24) is 4.57 Å². The van der Waals surface area contributed by atoms with Crippen molar-refractivity contribution in [3.63, 3.8) is 0 Å². The zero-order valence-corrected chi connectivity index (χ0v) is 13.9. The second kappa shape index (κ2) is 7.63. The standard InChI is InChI=1S/C15H12IN2.BF4/c16-13-6-8-15(9-7-13)18-11-10-17(12-18)14-4-2-1-3-5-14;2-1(3,4)5/h1-12H;/q+1;-1. The van der Waals surface area contributed by atoms with Crippen LogP contribution in [-0.2, 0) is 0 Å². The van der Waals surface area contributed by atoms with E-state index in [1.807, 2.05) is 18.2 Å². The van der Waals surface area contributed by atoms with E-state index in [1.54, 1.807) is 0 Å². The van der Waals surface area contributed by atoms with Crippen LogP contribution in [0.2, 0.25) is 0 Å². The summed E-state index contributed by atoms with van der Waals surface area (Å²) in [6.07, 6.45) is 6.21. The van der Waals surface area contributed by atoms with Gasteiger partial charge < -0.3 is 17.3 Å². The van der Waals surface area contributed by atoms with Gasteiger partial charge in [-0.05, 0) is 59.0 Å². The summed E-state index contributed by atoms with van der Waals surface area (Å²) in [7, 11) is -6.00. The quantitative estimate of drug-likeness (QED) is 0.240. The monoisotopic (exact) mass is 434 g/mol. The molecule has 8 heteroatoms. The molecule has 0 aliphatic carbocycles. The molecule has 0 radical (unpaired) electrons. The molecule has 2 aromatic carbocycles. The fourth-order valence-corrected chi connectivity index (χ4v) is 2.23. The first-order valence-corrected chi connectivity index (χ1v) is 7.69. The zero-order valence-electron chi connectivity index (χ0n) is 11.8. The number of hydrogen-bond donors (Lipinski definition) is 0. The molecule has 3 aromatic rings. The van der Waals surface area contributed by atoms with Crippen molar-refractivity contribution in [2.75, 3.05) is 0 Å². The van der Waals surface area contributed by atoms with Gasteiger partial charge in [0.15, 0.2) is 0 Å². The van der Waals surface area contributed by atoms with Gasteiger partial charge in [-0.2, -0.15) is 0 Å². The number of imidazole rings is 1. The smallest absolute Gasteiger partial charge is 0.418 e. The molecule has 0 saturated heterocycles. The Morgan fingerprint density at radius 3 is 2.00 bits per heavy atom. The lowest BCUT2D eigenvalue weighted by molar-refractivity contribution is -0.594. The van der Waals surface area contributed by atoms with E-state index >= 15 is 0 Å². The van der Waals surface area contributed by atoms with E-state index in [1.165, 1.54) is 14.9 Å². The Balaban J connectivity index is 0.000000338. The van der Waals surface area contributed by atoms with Crippen molar-refractivity contribution in [2.45, 2.75) is 0 Å². The summed E-state index contributed by atoms with van der Waals surface area (Å²) in [4.78, 5) is 0. The average Bonchev–Trinajstić information content (AvgIpc) is 2.97. The van der Waals surface area contributed by atoms with Crippen LogP contribution in [0, 0.1) is 3.57 Å². The van der Waals surface area contributed by atoms with Crippen LogP contribution in [0.15, 0.2) is 73.3 Å². The molecule has 0 saturated carbocycles. The number of hydrogen-bond acceptors (Lipinski definition) is 0. The lowest BCUT2D eigenvalue weighted by Gasteiger charge is -1.96. The maximum absolute atomic E-state index is 9.75. The first-order valence-electron chi connectivity index (χ1n) is 6.61. The predicted octanol–water partition coefficient (Wildman–Crippen LogP) is 4.66. The van der Waals surface area contributed by atoms with E-state index in [0.29, 0.717) is 0 Å². The molecule has 0 atom stereocenters. The summed E-state index contributed by atoms with van der Waals surface area (Å²) in [6, 6.07) is 18.8. The molecule has 0 N–H and O–H groups in total. The molecule has 0 fully saturated rings. The van der Waals surface area contributed by atoms with E-state index in [4.69, 9.17) is 0 Å². The Labute approximate surface area is 144 Å². The fourth-order valence-electron chi connectivity index (χ4n) is 1.87. The molecular weight excluding hydrogens is 422 g/mol. The third-order valence-electron chi connectivity index (χ3n) is 2.82. The van der Waals surface area contributed by atoms with Crippen molar-refractivity contribution in [3.8, 4) is 11.4 Å². The zero-order chi connectivity index (χ0) is 16.9. The Bertz CT molecular complexity index is 736. The molecule has 2 nitrogen and oxygen atoms in total. The van der Waals surface area contributed by atoms with Gasteiger partial charge in [-0.15, -0.1) is 0 Å². The summed E-state index contributed by atoms with van der Waals surface area (Å²) in [5.41, 5.74) is 2.34. The van der Waals surface area contributed by atoms with Gasteiger partial charge in [0.25, 0.3) is 6.33 Å². The summed E-state index contributed by atoms with van der Waals surface area (Å²) in [6.45, 7) is 0. The number of para-hydroxylation sites is 1. The van der Waals surface area contributed by atoms with Crippen molar-refractivity contribution in [3.05, 3.63) is 76.9 Å². The van der Waals surface area contributed by atoms with Crippen LogP contribution >= 0.6 is 22.6 Å². The Morgan fingerprint density at radius 1 is 0.870 bits per heavy atom. The summed E-state index contributed by atoms with van der Waals surface area (Å²) in [5, 5.41) is 0. The van der Waals surface area contributed by atoms with Crippen molar-refractivity contribution in [1.29, 1.82) is 0 Å². The molecule has 1 aromatic heterocycles. The van der Waals surface area contributed by atoms with E-state index in [2.05, 4.69) is 86.8 Å². The maximum Gasteiger partial charge on any atom is 0.673 e. The molecule has 0 unspecified atom stereocenters. The van der Waals surface area contributed by atoms with Gasteiger partial charge in [0, 0.05) is 3.57 Å². The van der Waals surface area contributed by atoms with Gasteiger partial charge in [0.2, 0.25) is 0 Å². The highest BCUT2D eigenvalue weighted by atomic mass is 127. The van der Waals surface area contributed by atoms with Crippen LogP contribution in [-0.4, -0.2) is 11.8 Å². The Kier molecular flexibility index (Phi) is 5.81. The molecule has 1 heterocycles. The van der Waals surface area contributed by atoms with Crippen molar-refractivity contribution < 1.29 is 21.8 Å². The predicted molar refractivity (Wildman–Crippen MR) is 90.2 cm³/mol. The molecule has 0 amide bonds. The van der Waals surface area contributed by atoms with E-state index in [9.17, 15) is 17.3 Å². The van der Waals surface area contributed by atoms with E-state index < -0.39 is 7.25 Å². The summed E-state index contributed by atoms with van der Waals surface area (Å²) in [5.74, 6) is 0. The minimum atomic E-state index is -6.00. The largest absolute Gasteiger partial charge is 0.673 e. The minimum Gasteiger partial charge on any atom is -0.418 e. The van der Waals surface area contributed by atoms with Crippen LogP contribution in [0.3, 0.4) is 0 Å². The molecule has 120 valence electrons. The number of halogens is 5. The first kappa shape index (κ1) is 17.5. The third kappa shape index (κ3) is 6.05. The summed E-state index contributed by atoms with van der Waals surface area (Å²) < 4.78 is 44.5. The highest BCUT2D eigenvalue weighted by Crippen LogP contribution is 2.09. The Morgan fingerprint density at radius 2 is 1.43 bits per heavy atom. The highest BCUT2D eigenvalue weighted by molar-refractivity contribution is 14.1. The van der Waals surface area contributed by atoms with Crippen LogP contribution in [0.4, 0.5) is 17.3 Å². The maximum atomic E-state index is 9.75. The molecule has 0 aliphatic rings. The lowest BCUT2D eigenvalue weighted by atomic mass is 10.3. The average molecular weight is 434 g/mol. The van der Waals surface area contributed by atoms with Crippen LogP contribution in [0.5, 0.6) is 0 Å². The van der Waals surface area contributed by atoms with Gasteiger partial charge in [0.05, 0.1) is 0 Å². The third-order valence-corrected chi connectivity index (χ3v) is 3.53. The van der Waals surface area contributed by atoms with Gasteiger partial charge >= 0.3 is 7.25 Å². The summed E-state index contributed by atoms with van der Waals surface area (Å²) >= 11 is 2.32. The van der Waals surface area contributed by atoms with Crippen molar-refractivity contribution in [2.24, 2.45) is 0 Å². The van der Waals surface area contributed by atoms with Gasteiger partial charge in [-0.3, -0.25) is 0 Å². The molecule has 23 heavy (non-hydrogen) atoms. The second-order valence-electron chi connectivity index (χ2n) is 4.53. The molecule has 0 spiro atoms. The number of rotatable bonds is 2. The Hall–Kier alpha value is -1.84. The van der Waals surface area contributed by atoms with Gasteiger partial charge in [0.1, 0.15) is 23.8 Å². The molecular formula is C15H12BF4IN2. The molecule has 0 bridgehead atoms. The van der Waals surface area contributed by atoms with Crippen molar-refractivity contribution >= 4 is 29.8 Å². The number of benzene rings is 2. The second-order valence-corrected chi connectivity index (χ2v) is 5.78. The lowest BCUT2D eigenvalue weighted by Crippen LogP contribution is -2.27. The van der Waals surface area contributed by atoms with E-state index in [0.717, 1.165) is 0 Å².